The Morgan fingerprint density at radius 2 is 0.467 bits per heavy atom. The fraction of sp³-hybridized carbons (Fsp3) is 0.629. The maximum absolute atomic E-state index is 13.0. The summed E-state index contributed by atoms with van der Waals surface area (Å²) in [5.74, 6) is -1.62. The summed E-state index contributed by atoms with van der Waals surface area (Å²) >= 11 is 0. The molecule has 608 valence electrons. The van der Waals surface area contributed by atoms with Crippen LogP contribution in [0.2, 0.25) is 0 Å². The molecule has 107 heavy (non-hydrogen) atoms. The van der Waals surface area contributed by atoms with Gasteiger partial charge in [-0.15, -0.1) is 0 Å². The van der Waals surface area contributed by atoms with Gasteiger partial charge in [0.2, 0.25) is 0 Å². The molecular formula is C89H146O16P2. The SMILES string of the molecule is CC/C=C\C/C=C\C/C=C\C/C=C\C/C=C\C/C=C\CCCCCCCCCCCCCCC(=O)OCC(O)COP(=O)(O)OCC(O)COP(=O)(O)OCC(COC(=O)CCCCCCCCC/C=C\C/C=C\C/C=C\C/C=C\C/C=C\CC)OC(=O)CCCCCC/C=C\C/C=C\C/C=C\C/C=C\CC. The normalized spacial score (nSPS) is 14.9. The van der Waals surface area contributed by atoms with Crippen LogP contribution < -0.4 is 0 Å². The molecule has 0 aromatic rings. The summed E-state index contributed by atoms with van der Waals surface area (Å²) in [6.45, 7) is 2.29. The lowest BCUT2D eigenvalue weighted by Gasteiger charge is -2.21. The highest BCUT2D eigenvalue weighted by molar-refractivity contribution is 7.47. The van der Waals surface area contributed by atoms with Crippen molar-refractivity contribution in [3.05, 3.63) is 182 Å². The molecule has 0 saturated heterocycles. The molecule has 16 nitrogen and oxygen atoms in total. The highest BCUT2D eigenvalue weighted by Gasteiger charge is 2.29. The number of carbonyl (C=O) groups is 3. The molecule has 0 fully saturated rings. The van der Waals surface area contributed by atoms with E-state index in [2.05, 4.69) is 203 Å². The number of aliphatic hydroxyl groups is 2. The predicted molar refractivity (Wildman–Crippen MR) is 445 cm³/mol. The number of carbonyl (C=O) groups excluding carboxylic acids is 3. The molecule has 18 heteroatoms. The minimum atomic E-state index is -4.95. The van der Waals surface area contributed by atoms with Gasteiger partial charge in [-0.05, 0) is 154 Å². The number of esters is 3. The maximum Gasteiger partial charge on any atom is 0.472 e. The van der Waals surface area contributed by atoms with E-state index in [1.807, 2.05) is 0 Å². The van der Waals surface area contributed by atoms with Crippen molar-refractivity contribution < 1.29 is 75.8 Å². The van der Waals surface area contributed by atoms with E-state index in [0.29, 0.717) is 19.3 Å². The predicted octanol–water partition coefficient (Wildman–Crippen LogP) is 24.5. The molecule has 5 unspecified atom stereocenters. The van der Waals surface area contributed by atoms with E-state index in [4.69, 9.17) is 32.3 Å². The average Bonchev–Trinajstić information content (AvgIpc) is 0.909. The zero-order valence-corrected chi connectivity index (χ0v) is 68.3. The smallest absolute Gasteiger partial charge is 0.463 e. The highest BCUT2D eigenvalue weighted by atomic mass is 31.2. The molecule has 5 atom stereocenters. The number of unbranched alkanes of at least 4 members (excludes halogenated alkanes) is 23. The van der Waals surface area contributed by atoms with Crippen LogP contribution in [0.25, 0.3) is 0 Å². The van der Waals surface area contributed by atoms with E-state index in [1.165, 1.54) is 51.4 Å². The molecule has 0 heterocycles. The summed E-state index contributed by atoms with van der Waals surface area (Å²) in [7, 11) is -9.82. The van der Waals surface area contributed by atoms with Crippen LogP contribution in [0.3, 0.4) is 0 Å². The zero-order chi connectivity index (χ0) is 78.0. The lowest BCUT2D eigenvalue weighted by molar-refractivity contribution is -0.161. The van der Waals surface area contributed by atoms with Gasteiger partial charge in [0.05, 0.1) is 26.4 Å². The van der Waals surface area contributed by atoms with Gasteiger partial charge < -0.3 is 34.2 Å². The second-order valence-corrected chi connectivity index (χ2v) is 29.7. The van der Waals surface area contributed by atoms with Gasteiger partial charge in [0.1, 0.15) is 25.4 Å². The molecule has 0 radical (unpaired) electrons. The minimum Gasteiger partial charge on any atom is -0.463 e. The third kappa shape index (κ3) is 81.5. The van der Waals surface area contributed by atoms with Gasteiger partial charge >= 0.3 is 33.6 Å². The van der Waals surface area contributed by atoms with E-state index in [1.54, 1.807) is 0 Å². The minimum absolute atomic E-state index is 0.0678. The molecule has 0 amide bonds. The van der Waals surface area contributed by atoms with E-state index in [0.717, 1.165) is 193 Å². The van der Waals surface area contributed by atoms with Gasteiger partial charge in [0.15, 0.2) is 6.10 Å². The highest BCUT2D eigenvalue weighted by Crippen LogP contribution is 2.45. The summed E-state index contributed by atoms with van der Waals surface area (Å²) in [4.78, 5) is 58.8. The van der Waals surface area contributed by atoms with E-state index < -0.39 is 91.5 Å². The van der Waals surface area contributed by atoms with Crippen molar-refractivity contribution >= 4 is 33.6 Å². The Morgan fingerprint density at radius 3 is 0.738 bits per heavy atom. The molecule has 0 aromatic heterocycles. The quantitative estimate of drug-likeness (QED) is 0.0146. The summed E-state index contributed by atoms with van der Waals surface area (Å²) in [5.41, 5.74) is 0. The Labute approximate surface area is 649 Å². The lowest BCUT2D eigenvalue weighted by atomic mass is 10.0. The Morgan fingerprint density at radius 1 is 0.262 bits per heavy atom. The first kappa shape index (κ1) is 102. The second-order valence-electron chi connectivity index (χ2n) is 26.8. The van der Waals surface area contributed by atoms with Crippen LogP contribution in [0.1, 0.15) is 303 Å². The standard InChI is InChI=1S/C89H146O16P2/c1-4-7-10-13-16-19-22-25-28-31-33-35-37-38-39-40-41-42-43-44-46-48-49-52-54-57-60-63-66-69-72-75-87(92)99-78-84(90)79-101-106(95,96)102-80-85(91)81-103-107(97,98)104-83-86(105-89(94)77-74-71-68-65-62-59-56-51-30-27-24-21-18-15-12-9-6-3)82-100-88(93)76-73-70-67-64-61-58-55-53-50-47-45-36-34-32-29-26-23-20-17-14-11-8-5-2/h7-12,16-21,25-30,33-36,38-39,41-42,47,50,56,59,84-86,90-91H,4-6,13-15,22-24,31-32,37,40,43-46,48-49,51-55,57-58,60-83H2,1-3H3,(H,95,96)(H,97,98)/b10-7-,11-8-,12-9-,19-16-,20-17-,21-18-,28-25-,29-26-,30-27-,35-33-,36-34-,39-38-,42-41-,50-47-,59-56-. The van der Waals surface area contributed by atoms with Crippen molar-refractivity contribution in [3.8, 4) is 0 Å². The van der Waals surface area contributed by atoms with E-state index in [-0.39, 0.29) is 19.3 Å². The second kappa shape index (κ2) is 80.2. The van der Waals surface area contributed by atoms with E-state index >= 15 is 0 Å². The number of phosphoric acid groups is 2. The first-order chi connectivity index (χ1) is 52.2. The third-order valence-corrected chi connectivity index (χ3v) is 18.5. The Hall–Kier alpha value is -5.35. The van der Waals surface area contributed by atoms with Gasteiger partial charge in [-0.1, -0.05) is 312 Å². The van der Waals surface area contributed by atoms with Crippen molar-refractivity contribution in [2.24, 2.45) is 0 Å². The van der Waals surface area contributed by atoms with Crippen molar-refractivity contribution in [2.45, 2.75) is 322 Å². The number of rotatable bonds is 76. The fourth-order valence-electron chi connectivity index (χ4n) is 10.5. The number of aliphatic hydroxyl groups excluding tert-OH is 2. The molecule has 0 aromatic carbocycles. The number of hydrogen-bond acceptors (Lipinski definition) is 14. The number of phosphoric ester groups is 2. The number of allylic oxidation sites excluding steroid dienone is 30. The van der Waals surface area contributed by atoms with Crippen LogP contribution in [-0.2, 0) is 55.8 Å². The van der Waals surface area contributed by atoms with Crippen molar-refractivity contribution in [2.75, 3.05) is 39.6 Å². The Bertz CT molecular complexity index is 2670. The molecule has 0 aliphatic heterocycles. The fourth-order valence-corrected chi connectivity index (χ4v) is 12.1. The summed E-state index contributed by atoms with van der Waals surface area (Å²) in [6, 6.07) is 0. The van der Waals surface area contributed by atoms with Crippen LogP contribution in [-0.4, -0.2) is 95.9 Å². The molecule has 0 rings (SSSR count). The molecule has 0 spiro atoms. The van der Waals surface area contributed by atoms with Crippen molar-refractivity contribution in [1.29, 1.82) is 0 Å². The van der Waals surface area contributed by atoms with Gasteiger partial charge in [-0.2, -0.15) is 0 Å². The maximum atomic E-state index is 13.0. The van der Waals surface area contributed by atoms with Gasteiger partial charge in [-0.25, -0.2) is 9.13 Å². The monoisotopic (exact) mass is 1530 g/mol. The van der Waals surface area contributed by atoms with Crippen LogP contribution in [0.15, 0.2) is 182 Å². The van der Waals surface area contributed by atoms with Crippen molar-refractivity contribution in [3.63, 3.8) is 0 Å². The third-order valence-electron chi connectivity index (χ3n) is 16.6. The zero-order valence-electron chi connectivity index (χ0n) is 66.5. The topological polar surface area (TPSA) is 231 Å². The Kier molecular flexibility index (Phi) is 76.2. The van der Waals surface area contributed by atoms with Gasteiger partial charge in [-0.3, -0.25) is 32.5 Å². The average molecular weight is 1530 g/mol. The first-order valence-electron chi connectivity index (χ1n) is 41.1. The molecule has 0 bridgehead atoms. The number of ether oxygens (including phenoxy) is 3. The van der Waals surface area contributed by atoms with Crippen LogP contribution in [0.5, 0.6) is 0 Å². The van der Waals surface area contributed by atoms with Crippen LogP contribution in [0.4, 0.5) is 0 Å². The van der Waals surface area contributed by atoms with Crippen LogP contribution >= 0.6 is 15.6 Å². The van der Waals surface area contributed by atoms with Crippen LogP contribution in [0, 0.1) is 0 Å². The first-order valence-corrected chi connectivity index (χ1v) is 44.1. The largest absolute Gasteiger partial charge is 0.472 e. The summed E-state index contributed by atoms with van der Waals surface area (Å²) in [5, 5.41) is 20.7. The number of hydrogen-bond donors (Lipinski definition) is 4. The molecule has 0 aliphatic carbocycles. The summed E-state index contributed by atoms with van der Waals surface area (Å²) < 4.78 is 61.2. The van der Waals surface area contributed by atoms with Gasteiger partial charge in [0, 0.05) is 19.3 Å². The van der Waals surface area contributed by atoms with Gasteiger partial charge in [0.25, 0.3) is 0 Å². The van der Waals surface area contributed by atoms with E-state index in [9.17, 15) is 43.5 Å². The molecule has 0 saturated carbocycles. The molecular weight excluding hydrogens is 1390 g/mol. The lowest BCUT2D eigenvalue weighted by Crippen LogP contribution is -2.30. The Balaban J connectivity index is 4.58. The van der Waals surface area contributed by atoms with Crippen molar-refractivity contribution in [1.82, 2.24) is 0 Å². The molecule has 4 N–H and O–H groups in total. The summed E-state index contributed by atoms with van der Waals surface area (Å²) in [6.07, 6.45) is 104. The molecule has 0 aliphatic rings.